The van der Waals surface area contributed by atoms with Gasteiger partial charge in [0.1, 0.15) is 67.5 Å². The molecule has 0 spiro atoms. The van der Waals surface area contributed by atoms with Crippen LogP contribution in [0.1, 0.15) is 12.8 Å². The topological polar surface area (TPSA) is 404 Å². The molecule has 0 saturated heterocycles. The second-order valence-electron chi connectivity index (χ2n) is 15.3. The van der Waals surface area contributed by atoms with E-state index in [-0.39, 0.29) is 52.2 Å². The van der Waals surface area contributed by atoms with Crippen LogP contribution in [0.25, 0.3) is 33.0 Å². The van der Waals surface area contributed by atoms with Gasteiger partial charge in [0.05, 0.1) is 39.6 Å². The molecule has 374 valence electrons. The number of amides is 2. The number of carboxylic acid groups (broad SMARTS) is 6. The third kappa shape index (κ3) is 17.6. The Bertz CT molecular complexity index is 2390. The second kappa shape index (κ2) is 25.5. The van der Waals surface area contributed by atoms with Crippen molar-refractivity contribution in [3.8, 4) is 5.75 Å². The highest BCUT2D eigenvalue weighted by Crippen LogP contribution is 2.33. The molecule has 27 heteroatoms. The predicted molar refractivity (Wildman–Crippen MR) is 231 cm³/mol. The zero-order valence-corrected chi connectivity index (χ0v) is 36.4. The molecule has 4 rings (SSSR count). The van der Waals surface area contributed by atoms with Gasteiger partial charge in [0.15, 0.2) is 16.6 Å². The number of aliphatic carboxylic acids is 6. The zero-order valence-electron chi connectivity index (χ0n) is 36.4. The molecule has 0 radical (unpaired) electrons. The van der Waals surface area contributed by atoms with E-state index in [9.17, 15) is 78.9 Å². The Hall–Kier alpha value is -7.56. The summed E-state index contributed by atoms with van der Waals surface area (Å²) in [4.78, 5) is 114. The molecule has 69 heavy (non-hydrogen) atoms. The maximum absolute atomic E-state index is 13.8. The van der Waals surface area contributed by atoms with Gasteiger partial charge in [-0.25, -0.2) is 33.8 Å². The Labute approximate surface area is 388 Å². The first kappa shape index (κ1) is 54.0. The second-order valence-corrected chi connectivity index (χ2v) is 15.3. The fourth-order valence-corrected chi connectivity index (χ4v) is 6.68. The molecule has 0 saturated carbocycles. The molecule has 0 aliphatic rings. The molecule has 0 bridgehead atoms. The van der Waals surface area contributed by atoms with Crippen LogP contribution in [0.4, 0.5) is 5.69 Å². The van der Waals surface area contributed by atoms with Gasteiger partial charge in [0.2, 0.25) is 11.8 Å². The minimum Gasteiger partial charge on any atom is -0.507 e. The SMILES string of the molecule is O=C(O)COCC(COCC(=O)O)(COCC(=O)O)NC(=O)CCN(CCC(=O)NC(COCC(=O)O)(COCC(=O)O)COCC(=O)O)c1ccc2nc3c(cc(O)c4ccc(=O)cc43)oc2c1. The number of aromatic hydroxyl groups is 1. The Morgan fingerprint density at radius 3 is 1.33 bits per heavy atom. The number of hydrogen-bond donors (Lipinski definition) is 9. The molecular weight excluding hydrogens is 928 g/mol. The number of phenols is 1. The van der Waals surface area contributed by atoms with Gasteiger partial charge in [-0.1, -0.05) is 0 Å². The Kier molecular flexibility index (Phi) is 20.0. The maximum Gasteiger partial charge on any atom is 0.329 e. The molecule has 3 aromatic carbocycles. The van der Waals surface area contributed by atoms with Gasteiger partial charge in [0.25, 0.3) is 0 Å². The summed E-state index contributed by atoms with van der Waals surface area (Å²) < 4.78 is 37.4. The molecule has 0 fully saturated rings. The van der Waals surface area contributed by atoms with Gasteiger partial charge in [-0.15, -0.1) is 0 Å². The van der Waals surface area contributed by atoms with Crippen LogP contribution in [0, 0.1) is 0 Å². The lowest BCUT2D eigenvalue weighted by Crippen LogP contribution is -2.59. The van der Waals surface area contributed by atoms with Crippen molar-refractivity contribution in [2.24, 2.45) is 0 Å². The molecule has 0 aliphatic carbocycles. The first-order chi connectivity index (χ1) is 32.7. The third-order valence-corrected chi connectivity index (χ3v) is 9.43. The van der Waals surface area contributed by atoms with Crippen molar-refractivity contribution in [2.75, 3.05) is 97.3 Å². The molecule has 0 atom stereocenters. The van der Waals surface area contributed by atoms with E-state index >= 15 is 0 Å². The molecule has 1 heterocycles. The molecule has 9 N–H and O–H groups in total. The molecule has 0 aliphatic heterocycles. The lowest BCUT2D eigenvalue weighted by Gasteiger charge is -2.34. The number of phenolic OH excluding ortho intramolecular Hbond substituents is 1. The normalized spacial score (nSPS) is 11.7. The third-order valence-electron chi connectivity index (χ3n) is 9.43. The molecule has 4 aromatic rings. The van der Waals surface area contributed by atoms with E-state index in [1.165, 1.54) is 41.3 Å². The summed E-state index contributed by atoms with van der Waals surface area (Å²) in [5.41, 5.74) is -3.05. The quantitative estimate of drug-likeness (QED) is 0.0206. The highest BCUT2D eigenvalue weighted by Gasteiger charge is 2.36. The van der Waals surface area contributed by atoms with E-state index in [1.54, 1.807) is 6.07 Å². The fraction of sp³-hybridized carbons (Fsp3) is 0.429. The minimum absolute atomic E-state index is 0.0777. The highest BCUT2D eigenvalue weighted by molar-refractivity contribution is 6.07. The van der Waals surface area contributed by atoms with Crippen molar-refractivity contribution in [1.29, 1.82) is 0 Å². The van der Waals surface area contributed by atoms with Crippen LogP contribution in [0.2, 0.25) is 0 Å². The average molecular weight is 977 g/mol. The van der Waals surface area contributed by atoms with Crippen molar-refractivity contribution in [3.05, 3.63) is 52.7 Å². The number of hydrogen-bond acceptors (Lipinski definition) is 19. The minimum atomic E-state index is -1.85. The number of anilines is 1. The first-order valence-corrected chi connectivity index (χ1v) is 20.3. The van der Waals surface area contributed by atoms with Crippen molar-refractivity contribution in [2.45, 2.75) is 23.9 Å². The van der Waals surface area contributed by atoms with Crippen molar-refractivity contribution in [3.63, 3.8) is 0 Å². The zero-order chi connectivity index (χ0) is 50.7. The van der Waals surface area contributed by atoms with Gasteiger partial charge in [-0.2, -0.15) is 0 Å². The standard InChI is InChI=1S/C42H48N4O23/c47-25-2-3-26-27(10-25)40-31(11-29(26)48)69-30-9-24(1-4-28(30)43-40)46(7-5-32(49)44-41(18-63-12-34(51)52,19-64-13-35(53)54)20-65-14-36(55)56)8-6-33(50)45-42(21-66-15-37(57)58,22-67-16-38(59)60)23-68-17-39(61)62/h1-4,9-11,48H,5-8,12-23H2,(H,44,49)(H,45,50)(H,51,52)(H,53,54)(H,55,56)(H,57,58)(H,59,60)(H,61,62). The number of nitrogens with zero attached hydrogens (tertiary/aromatic N) is 2. The number of nitrogens with one attached hydrogen (secondary N) is 2. The number of carboxylic acids is 6. The molecule has 1 aromatic heterocycles. The van der Waals surface area contributed by atoms with E-state index in [0.29, 0.717) is 10.8 Å². The van der Waals surface area contributed by atoms with Crippen LogP contribution < -0.4 is 21.0 Å². The summed E-state index contributed by atoms with van der Waals surface area (Å²) in [5.74, 6) is -10.3. The molecule has 27 nitrogen and oxygen atoms in total. The number of rotatable bonds is 33. The fourth-order valence-electron chi connectivity index (χ4n) is 6.68. The lowest BCUT2D eigenvalue weighted by atomic mass is 10.0. The van der Waals surface area contributed by atoms with Crippen molar-refractivity contribution >= 4 is 86.3 Å². The first-order valence-electron chi connectivity index (χ1n) is 20.3. The number of carbonyl (C=O) groups excluding carboxylic acids is 2. The monoisotopic (exact) mass is 976 g/mol. The Morgan fingerprint density at radius 1 is 0.536 bits per heavy atom. The molecular formula is C42H48N4O23. The van der Waals surface area contributed by atoms with Crippen LogP contribution >= 0.6 is 0 Å². The van der Waals surface area contributed by atoms with Crippen LogP contribution in [0.5, 0.6) is 5.75 Å². The number of ether oxygens (including phenoxy) is 6. The average Bonchev–Trinajstić information content (AvgIpc) is 3.25. The Balaban J connectivity index is 1.71. The van der Waals surface area contributed by atoms with E-state index in [2.05, 4.69) is 15.6 Å². The van der Waals surface area contributed by atoms with Crippen LogP contribution in [-0.4, -0.2) is 192 Å². The summed E-state index contributed by atoms with van der Waals surface area (Å²) in [6.45, 7) is -9.78. The summed E-state index contributed by atoms with van der Waals surface area (Å²) in [5, 5.41) is 71.6. The van der Waals surface area contributed by atoms with Crippen molar-refractivity contribution in [1.82, 2.24) is 15.6 Å². The maximum atomic E-state index is 13.8. The van der Waals surface area contributed by atoms with E-state index in [0.717, 1.165) is 0 Å². The van der Waals surface area contributed by atoms with Gasteiger partial charge < -0.3 is 84.1 Å². The largest absolute Gasteiger partial charge is 0.507 e. The van der Waals surface area contributed by atoms with Gasteiger partial charge >= 0.3 is 35.8 Å². The van der Waals surface area contributed by atoms with Gasteiger partial charge in [-0.3, -0.25) is 14.4 Å². The predicted octanol–water partition coefficient (Wildman–Crippen LogP) is -0.896. The number of aromatic nitrogens is 1. The molecule has 0 unspecified atom stereocenters. The summed E-state index contributed by atoms with van der Waals surface area (Å²) in [6.07, 6.45) is -0.913. The molecule has 2 amide bonds. The van der Waals surface area contributed by atoms with Crippen LogP contribution in [-0.2, 0) is 66.8 Å². The lowest BCUT2D eigenvalue weighted by molar-refractivity contribution is -0.151. The Morgan fingerprint density at radius 2 is 0.942 bits per heavy atom. The van der Waals surface area contributed by atoms with Gasteiger partial charge in [-0.05, 0) is 30.3 Å². The highest BCUT2D eigenvalue weighted by atomic mass is 16.5. The summed E-state index contributed by atoms with van der Waals surface area (Å²) in [7, 11) is 0. The van der Waals surface area contributed by atoms with Crippen LogP contribution in [0.3, 0.4) is 0 Å². The smallest absolute Gasteiger partial charge is 0.329 e. The number of carbonyl (C=O) groups is 8. The van der Waals surface area contributed by atoms with E-state index in [4.69, 9.17) is 32.8 Å². The van der Waals surface area contributed by atoms with Crippen molar-refractivity contribution < 1.29 is 107 Å². The number of benzene rings is 3. The van der Waals surface area contributed by atoms with E-state index < -0.39 is 151 Å². The summed E-state index contributed by atoms with van der Waals surface area (Å²) >= 11 is 0. The summed E-state index contributed by atoms with van der Waals surface area (Å²) in [6, 6.07) is 9.84. The number of fused-ring (bicyclic) bond motifs is 4. The van der Waals surface area contributed by atoms with Crippen LogP contribution in [0.15, 0.2) is 51.7 Å². The van der Waals surface area contributed by atoms with E-state index in [1.807, 2.05) is 0 Å². The van der Waals surface area contributed by atoms with Gasteiger partial charge in [0, 0.05) is 54.5 Å².